The van der Waals surface area contributed by atoms with Crippen LogP contribution in [0, 0.1) is 0 Å². The summed E-state index contributed by atoms with van der Waals surface area (Å²) in [7, 11) is 1.60. The standard InChI is InChI=1S/C22H23N3O4/c1-22(2)11-14-7-6-10-18(20(14)29-22)28-13-19(26)23-12-17-15-8-4-5-9-16(15)21(27)25(3)24-17/h4-10H,11-13H2,1-3H3,(H,23,26). The third kappa shape index (κ3) is 3.81. The largest absolute Gasteiger partial charge is 0.483 e. The molecule has 2 aromatic carbocycles. The second kappa shape index (κ2) is 7.24. The van der Waals surface area contributed by atoms with Crippen LogP contribution in [-0.4, -0.2) is 27.9 Å². The van der Waals surface area contributed by atoms with E-state index in [4.69, 9.17) is 9.47 Å². The van der Waals surface area contributed by atoms with Crippen molar-refractivity contribution in [2.75, 3.05) is 6.61 Å². The molecule has 1 N–H and O–H groups in total. The molecular formula is C22H23N3O4. The Balaban J connectivity index is 1.43. The summed E-state index contributed by atoms with van der Waals surface area (Å²) in [6.07, 6.45) is 0.803. The zero-order valence-electron chi connectivity index (χ0n) is 16.7. The number of fused-ring (bicyclic) bond motifs is 2. The van der Waals surface area contributed by atoms with Gasteiger partial charge in [-0.2, -0.15) is 5.10 Å². The Morgan fingerprint density at radius 1 is 1.21 bits per heavy atom. The molecule has 0 unspecified atom stereocenters. The molecule has 0 bridgehead atoms. The predicted molar refractivity (Wildman–Crippen MR) is 109 cm³/mol. The molecule has 0 radical (unpaired) electrons. The highest BCUT2D eigenvalue weighted by Gasteiger charge is 2.32. The maximum Gasteiger partial charge on any atom is 0.274 e. The van der Waals surface area contributed by atoms with Crippen molar-refractivity contribution in [1.82, 2.24) is 15.1 Å². The SMILES string of the molecule is Cn1nc(CNC(=O)COc2cccc3c2OC(C)(C)C3)c2ccccc2c1=O. The van der Waals surface area contributed by atoms with E-state index in [1.165, 1.54) is 4.68 Å². The first-order valence-electron chi connectivity index (χ1n) is 9.49. The molecule has 1 aromatic heterocycles. The number of aryl methyl sites for hydroxylation is 1. The summed E-state index contributed by atoms with van der Waals surface area (Å²) in [4.78, 5) is 24.5. The van der Waals surface area contributed by atoms with E-state index >= 15 is 0 Å². The van der Waals surface area contributed by atoms with Crippen LogP contribution >= 0.6 is 0 Å². The number of amides is 1. The van der Waals surface area contributed by atoms with Crippen LogP contribution in [0.1, 0.15) is 25.1 Å². The Kier molecular flexibility index (Phi) is 4.74. The Bertz CT molecular complexity index is 1150. The Labute approximate surface area is 168 Å². The second-order valence-electron chi connectivity index (χ2n) is 7.77. The van der Waals surface area contributed by atoms with E-state index in [-0.39, 0.29) is 30.2 Å². The lowest BCUT2D eigenvalue weighted by Gasteiger charge is -2.18. The van der Waals surface area contributed by atoms with Gasteiger partial charge in [0.2, 0.25) is 0 Å². The molecule has 1 aliphatic heterocycles. The Morgan fingerprint density at radius 2 is 1.97 bits per heavy atom. The van der Waals surface area contributed by atoms with Gasteiger partial charge in [0.15, 0.2) is 18.1 Å². The summed E-state index contributed by atoms with van der Waals surface area (Å²) in [5.41, 5.74) is 1.26. The van der Waals surface area contributed by atoms with E-state index in [0.29, 0.717) is 22.6 Å². The molecule has 150 valence electrons. The number of hydrogen-bond acceptors (Lipinski definition) is 5. The fourth-order valence-electron chi connectivity index (χ4n) is 3.58. The molecule has 0 aliphatic carbocycles. The van der Waals surface area contributed by atoms with Crippen LogP contribution in [-0.2, 0) is 24.8 Å². The van der Waals surface area contributed by atoms with Crippen LogP contribution in [0.15, 0.2) is 47.3 Å². The molecule has 0 saturated carbocycles. The number of carbonyl (C=O) groups is 1. The van der Waals surface area contributed by atoms with Crippen molar-refractivity contribution in [3.05, 3.63) is 64.1 Å². The second-order valence-corrected chi connectivity index (χ2v) is 7.77. The molecule has 0 fully saturated rings. The summed E-state index contributed by atoms with van der Waals surface area (Å²) < 4.78 is 13.0. The maximum atomic E-state index is 12.3. The van der Waals surface area contributed by atoms with Gasteiger partial charge in [-0.3, -0.25) is 9.59 Å². The molecule has 0 atom stereocenters. The van der Waals surface area contributed by atoms with Crippen molar-refractivity contribution in [2.45, 2.75) is 32.4 Å². The average molecular weight is 393 g/mol. The summed E-state index contributed by atoms with van der Waals surface area (Å²) in [5, 5.41) is 8.40. The number of hydrogen-bond donors (Lipinski definition) is 1. The molecular weight excluding hydrogens is 370 g/mol. The summed E-state index contributed by atoms with van der Waals surface area (Å²) in [6.45, 7) is 4.11. The predicted octanol–water partition coefficient (Wildman–Crippen LogP) is 2.34. The highest BCUT2D eigenvalue weighted by atomic mass is 16.5. The summed E-state index contributed by atoms with van der Waals surface area (Å²) >= 11 is 0. The summed E-state index contributed by atoms with van der Waals surface area (Å²) in [6, 6.07) is 12.9. The lowest BCUT2D eigenvalue weighted by atomic mass is 10.0. The first-order chi connectivity index (χ1) is 13.8. The van der Waals surface area contributed by atoms with Crippen molar-refractivity contribution >= 4 is 16.7 Å². The van der Waals surface area contributed by atoms with Crippen molar-refractivity contribution in [3.8, 4) is 11.5 Å². The van der Waals surface area contributed by atoms with Crippen LogP contribution in [0.3, 0.4) is 0 Å². The smallest absolute Gasteiger partial charge is 0.274 e. The number of benzene rings is 2. The van der Waals surface area contributed by atoms with Gasteiger partial charge in [-0.15, -0.1) is 0 Å². The lowest BCUT2D eigenvalue weighted by Crippen LogP contribution is -2.30. The summed E-state index contributed by atoms with van der Waals surface area (Å²) in [5.74, 6) is 0.990. The molecule has 2 heterocycles. The molecule has 4 rings (SSSR count). The topological polar surface area (TPSA) is 82.5 Å². The maximum absolute atomic E-state index is 12.3. The molecule has 0 spiro atoms. The molecule has 7 nitrogen and oxygen atoms in total. The van der Waals surface area contributed by atoms with Crippen molar-refractivity contribution in [1.29, 1.82) is 0 Å². The zero-order valence-corrected chi connectivity index (χ0v) is 16.7. The van der Waals surface area contributed by atoms with Crippen molar-refractivity contribution in [2.24, 2.45) is 7.05 Å². The quantitative estimate of drug-likeness (QED) is 0.720. The number of carbonyl (C=O) groups excluding carboxylic acids is 1. The first kappa shape index (κ1) is 19.0. The monoisotopic (exact) mass is 393 g/mol. The first-order valence-corrected chi connectivity index (χ1v) is 9.49. The third-order valence-corrected chi connectivity index (χ3v) is 4.90. The highest BCUT2D eigenvalue weighted by Crippen LogP contribution is 2.41. The van der Waals surface area contributed by atoms with Gasteiger partial charge >= 0.3 is 0 Å². The van der Waals surface area contributed by atoms with Crippen LogP contribution in [0.2, 0.25) is 0 Å². The van der Waals surface area contributed by atoms with E-state index in [0.717, 1.165) is 17.4 Å². The highest BCUT2D eigenvalue weighted by molar-refractivity contribution is 5.84. The molecule has 3 aromatic rings. The normalized spacial score (nSPS) is 14.3. The lowest BCUT2D eigenvalue weighted by molar-refractivity contribution is -0.123. The van der Waals surface area contributed by atoms with Crippen molar-refractivity contribution < 1.29 is 14.3 Å². The minimum atomic E-state index is -0.278. The minimum Gasteiger partial charge on any atom is -0.483 e. The number of nitrogens with one attached hydrogen (secondary N) is 1. The van der Waals surface area contributed by atoms with Gasteiger partial charge in [-0.1, -0.05) is 30.3 Å². The molecule has 7 heteroatoms. The average Bonchev–Trinajstić information content (AvgIpc) is 3.02. The van der Waals surface area contributed by atoms with Crippen LogP contribution in [0.25, 0.3) is 10.8 Å². The number of para-hydroxylation sites is 1. The van der Waals surface area contributed by atoms with E-state index < -0.39 is 0 Å². The van der Waals surface area contributed by atoms with Gasteiger partial charge < -0.3 is 14.8 Å². The van der Waals surface area contributed by atoms with Gasteiger partial charge in [0, 0.05) is 24.4 Å². The van der Waals surface area contributed by atoms with Crippen LogP contribution in [0.4, 0.5) is 0 Å². The van der Waals surface area contributed by atoms with Crippen molar-refractivity contribution in [3.63, 3.8) is 0 Å². The molecule has 1 amide bonds. The van der Waals surface area contributed by atoms with Gasteiger partial charge in [0.1, 0.15) is 5.60 Å². The van der Waals surface area contributed by atoms with Crippen LogP contribution < -0.4 is 20.3 Å². The van der Waals surface area contributed by atoms with Gasteiger partial charge in [0.25, 0.3) is 11.5 Å². The Morgan fingerprint density at radius 3 is 2.76 bits per heavy atom. The number of aromatic nitrogens is 2. The third-order valence-electron chi connectivity index (χ3n) is 4.90. The number of rotatable bonds is 5. The zero-order chi connectivity index (χ0) is 20.6. The fourth-order valence-corrected chi connectivity index (χ4v) is 3.58. The molecule has 1 aliphatic rings. The van der Waals surface area contributed by atoms with E-state index in [1.54, 1.807) is 19.2 Å². The van der Waals surface area contributed by atoms with Gasteiger partial charge in [0.05, 0.1) is 17.6 Å². The number of nitrogens with zero attached hydrogens (tertiary/aromatic N) is 2. The van der Waals surface area contributed by atoms with Crippen LogP contribution in [0.5, 0.6) is 11.5 Å². The minimum absolute atomic E-state index is 0.135. The van der Waals surface area contributed by atoms with E-state index in [2.05, 4.69) is 10.4 Å². The van der Waals surface area contributed by atoms with Gasteiger partial charge in [-0.25, -0.2) is 4.68 Å². The van der Waals surface area contributed by atoms with Gasteiger partial charge in [-0.05, 0) is 26.0 Å². The van der Waals surface area contributed by atoms with E-state index in [1.807, 2.05) is 44.2 Å². The number of ether oxygens (including phenoxy) is 2. The van der Waals surface area contributed by atoms with E-state index in [9.17, 15) is 9.59 Å². The fraction of sp³-hybridized carbons (Fsp3) is 0.318. The molecule has 0 saturated heterocycles. The Hall–Kier alpha value is -3.35. The molecule has 29 heavy (non-hydrogen) atoms.